The van der Waals surface area contributed by atoms with E-state index in [0.717, 1.165) is 0 Å². The first-order valence-electron chi connectivity index (χ1n) is 11.5. The van der Waals surface area contributed by atoms with Gasteiger partial charge in [0.1, 0.15) is 17.9 Å². The van der Waals surface area contributed by atoms with Gasteiger partial charge in [-0.05, 0) is 56.3 Å². The molecule has 0 bridgehead atoms. The van der Waals surface area contributed by atoms with Gasteiger partial charge in [0, 0.05) is 43.4 Å². The average Bonchev–Trinajstić information content (AvgIpc) is 3.54. The minimum absolute atomic E-state index is 0. The van der Waals surface area contributed by atoms with Crippen LogP contribution in [0.3, 0.4) is 0 Å². The summed E-state index contributed by atoms with van der Waals surface area (Å²) in [5.41, 5.74) is 0.0949. The Kier molecular flexibility index (Phi) is 6.24. The Morgan fingerprint density at radius 2 is 1.89 bits per heavy atom. The zero-order chi connectivity index (χ0) is 26.4. The van der Waals surface area contributed by atoms with Crippen molar-refractivity contribution in [1.29, 1.82) is 0 Å². The lowest BCUT2D eigenvalue weighted by atomic mass is 10.0. The number of thiazole rings is 1. The number of aromatic nitrogens is 2. The van der Waals surface area contributed by atoms with E-state index in [2.05, 4.69) is 9.71 Å². The molecule has 2 amide bonds. The smallest absolute Gasteiger partial charge is 0.263 e. The van der Waals surface area contributed by atoms with Gasteiger partial charge in [-0.25, -0.2) is 17.8 Å². The summed E-state index contributed by atoms with van der Waals surface area (Å²) in [5.74, 6) is -0.895. The quantitative estimate of drug-likeness (QED) is 0.397. The van der Waals surface area contributed by atoms with Gasteiger partial charge in [0.15, 0.2) is 5.13 Å². The molecule has 9 nitrogen and oxygen atoms in total. The fourth-order valence-corrected chi connectivity index (χ4v) is 6.27. The fraction of sp³-hybridized carbons (Fsp3) is 0.240. The molecule has 2 aromatic carbocycles. The summed E-state index contributed by atoms with van der Waals surface area (Å²) in [7, 11) is -3.80. The van der Waals surface area contributed by atoms with Crippen molar-refractivity contribution < 1.29 is 23.8 Å². The van der Waals surface area contributed by atoms with Crippen molar-refractivity contribution >= 4 is 54.9 Å². The van der Waals surface area contributed by atoms with Gasteiger partial charge < -0.3 is 14.4 Å². The van der Waals surface area contributed by atoms with E-state index in [9.17, 15) is 22.4 Å². The Labute approximate surface area is 218 Å². The largest absolute Gasteiger partial charge is 0.333 e. The highest BCUT2D eigenvalue weighted by atomic mass is 32.2. The van der Waals surface area contributed by atoms with E-state index in [1.807, 2.05) is 0 Å². The van der Waals surface area contributed by atoms with Crippen molar-refractivity contribution in [3.8, 4) is 0 Å². The first-order chi connectivity index (χ1) is 17.6. The number of anilines is 2. The minimum atomic E-state index is -3.80. The summed E-state index contributed by atoms with van der Waals surface area (Å²) in [6.07, 6.45) is 3.19. The maximum atomic E-state index is 14.2. The third kappa shape index (κ3) is 4.58. The number of amides is 2. The molecule has 1 saturated heterocycles. The average molecular weight is 544 g/mol. The molecule has 2 aromatic heterocycles. The highest BCUT2D eigenvalue weighted by molar-refractivity contribution is 7.93. The molecule has 3 heterocycles. The second-order valence-electron chi connectivity index (χ2n) is 9.13. The molecule has 1 aliphatic rings. The molecule has 0 aliphatic carbocycles. The van der Waals surface area contributed by atoms with Crippen molar-refractivity contribution in [3.63, 3.8) is 0 Å². The lowest BCUT2D eigenvalue weighted by molar-refractivity contribution is -0.143. The maximum absolute atomic E-state index is 14.2. The number of nitrogens with one attached hydrogen (secondary N) is 1. The van der Waals surface area contributed by atoms with Crippen molar-refractivity contribution in [2.24, 2.45) is 0 Å². The first kappa shape index (κ1) is 24.9. The number of fused-ring (bicyclic) bond motifs is 1. The van der Waals surface area contributed by atoms with Gasteiger partial charge in [0.05, 0.1) is 10.4 Å². The van der Waals surface area contributed by atoms with E-state index in [1.165, 1.54) is 45.5 Å². The molecule has 0 unspecified atom stereocenters. The highest BCUT2D eigenvalue weighted by Crippen LogP contribution is 2.29. The summed E-state index contributed by atoms with van der Waals surface area (Å²) in [4.78, 5) is 33.5. The van der Waals surface area contributed by atoms with E-state index in [0.29, 0.717) is 23.1 Å². The number of hydrogen-bond acceptors (Lipinski definition) is 6. The molecule has 12 heteroatoms. The number of hydrogen-bond donors (Lipinski definition) is 1. The molecule has 1 fully saturated rings. The van der Waals surface area contributed by atoms with Crippen LogP contribution in [0.5, 0.6) is 0 Å². The van der Waals surface area contributed by atoms with Gasteiger partial charge in [-0.1, -0.05) is 6.07 Å². The Balaban J connectivity index is 0.00000336. The second-order valence-corrected chi connectivity index (χ2v) is 11.7. The van der Waals surface area contributed by atoms with Crippen molar-refractivity contribution in [2.75, 3.05) is 29.3 Å². The van der Waals surface area contributed by atoms with Crippen LogP contribution in [0.1, 0.15) is 15.3 Å². The lowest BCUT2D eigenvalue weighted by Gasteiger charge is -2.39. The maximum Gasteiger partial charge on any atom is 0.263 e. The van der Waals surface area contributed by atoms with Crippen molar-refractivity contribution in [2.45, 2.75) is 24.3 Å². The summed E-state index contributed by atoms with van der Waals surface area (Å²) in [5, 5.41) is 2.36. The van der Waals surface area contributed by atoms with E-state index in [-0.39, 0.29) is 42.2 Å². The van der Waals surface area contributed by atoms with E-state index in [1.54, 1.807) is 60.3 Å². The zero-order valence-electron chi connectivity index (χ0n) is 20.1. The minimum Gasteiger partial charge on any atom is -0.333 e. The van der Waals surface area contributed by atoms with Gasteiger partial charge in [-0.15, -0.1) is 11.3 Å². The normalized spacial score (nSPS) is 14.8. The number of benzene rings is 2. The summed E-state index contributed by atoms with van der Waals surface area (Å²) < 4.78 is 43.5. The number of halogens is 1. The summed E-state index contributed by atoms with van der Waals surface area (Å²) in [6, 6.07) is 12.4. The Bertz CT molecular complexity index is 1590. The van der Waals surface area contributed by atoms with Crippen LogP contribution in [-0.2, 0) is 25.2 Å². The van der Waals surface area contributed by atoms with Gasteiger partial charge in [0.2, 0.25) is 11.8 Å². The van der Waals surface area contributed by atoms with Crippen molar-refractivity contribution in [3.05, 3.63) is 72.1 Å². The van der Waals surface area contributed by atoms with Crippen LogP contribution < -0.4 is 9.62 Å². The highest BCUT2D eigenvalue weighted by Gasteiger charge is 2.38. The van der Waals surface area contributed by atoms with Crippen LogP contribution in [0.15, 0.2) is 71.2 Å². The number of rotatable bonds is 6. The number of carbonyl (C=O) groups is 2. The van der Waals surface area contributed by atoms with Crippen LogP contribution in [0.25, 0.3) is 10.9 Å². The number of sulfonamides is 1. The van der Waals surface area contributed by atoms with Crippen LogP contribution in [0.4, 0.5) is 15.2 Å². The monoisotopic (exact) mass is 543 g/mol. The Morgan fingerprint density at radius 3 is 2.57 bits per heavy atom. The SMILES string of the molecule is CC(C)(C(=O)N1CCN(c2ccc(S(=O)(=O)Nc3nccs3)cc2)C(=O)C1)n1ccc2c(F)cccc21.[HH]. The van der Waals surface area contributed by atoms with Gasteiger partial charge >= 0.3 is 0 Å². The van der Waals surface area contributed by atoms with Crippen LogP contribution in [-0.4, -0.2) is 54.3 Å². The Hall–Kier alpha value is -3.77. The van der Waals surface area contributed by atoms with Gasteiger partial charge in [-0.2, -0.15) is 0 Å². The molecule has 5 rings (SSSR count). The van der Waals surface area contributed by atoms with Crippen LogP contribution in [0, 0.1) is 5.82 Å². The molecule has 0 atom stereocenters. The standard InChI is InChI=1S/C25H24FN5O4S2.H2/c1-25(2,31-12-10-19-20(26)4-3-5-21(19)31)23(33)29-13-14-30(22(32)16-29)17-6-8-18(9-7-17)37(34,35)28-24-27-11-15-36-24;/h3-12,15H,13-14,16H2,1-2H3,(H,27,28);1H. The van der Waals surface area contributed by atoms with Gasteiger partial charge in [-0.3, -0.25) is 14.3 Å². The van der Waals surface area contributed by atoms with E-state index >= 15 is 0 Å². The number of piperazine rings is 1. The second kappa shape index (κ2) is 9.27. The van der Waals surface area contributed by atoms with E-state index in [4.69, 9.17) is 0 Å². The summed E-state index contributed by atoms with van der Waals surface area (Å²) in [6.45, 7) is 3.92. The molecule has 37 heavy (non-hydrogen) atoms. The number of carbonyl (C=O) groups excluding carboxylic acids is 2. The predicted octanol–water partition coefficient (Wildman–Crippen LogP) is 3.89. The molecule has 0 saturated carbocycles. The predicted molar refractivity (Wildman–Crippen MR) is 142 cm³/mol. The van der Waals surface area contributed by atoms with Crippen molar-refractivity contribution in [1.82, 2.24) is 14.5 Å². The summed E-state index contributed by atoms with van der Waals surface area (Å²) >= 11 is 1.17. The molecule has 0 spiro atoms. The van der Waals surface area contributed by atoms with Crippen LogP contribution >= 0.6 is 11.3 Å². The molecule has 194 valence electrons. The third-order valence-electron chi connectivity index (χ3n) is 6.43. The third-order valence-corrected chi connectivity index (χ3v) is 8.60. The first-order valence-corrected chi connectivity index (χ1v) is 13.8. The van der Waals surface area contributed by atoms with Crippen LogP contribution in [0.2, 0.25) is 0 Å². The Morgan fingerprint density at radius 1 is 1.14 bits per heavy atom. The lowest BCUT2D eigenvalue weighted by Crippen LogP contribution is -2.57. The fourth-order valence-electron chi connectivity index (χ4n) is 4.48. The molecule has 1 N–H and O–H groups in total. The molecular weight excluding hydrogens is 517 g/mol. The molecule has 4 aromatic rings. The molecule has 1 aliphatic heterocycles. The van der Waals surface area contributed by atoms with Gasteiger partial charge in [0.25, 0.3) is 10.0 Å². The van der Waals surface area contributed by atoms with E-state index < -0.39 is 15.6 Å². The molecule has 0 radical (unpaired) electrons. The number of nitrogens with zero attached hydrogens (tertiary/aromatic N) is 4. The zero-order valence-corrected chi connectivity index (χ0v) is 21.7. The topological polar surface area (TPSA) is 105 Å². The molecular formula is C25H26FN5O4S2.